The molecule has 0 aromatic rings. The SMILES string of the molecule is CC/C=C\C/C=C\C/C=C\C/C=C\C/C=C\C/C=C\CCC(=O)OCC(COC(=O)CCCCCCCCCCCCCCCCCCCC)OC(=O)CCCCCCCCC/C=C\CCCCCCCCC. The molecule has 0 N–H and O–H groups in total. The number of hydrogen-bond donors (Lipinski definition) is 0. The summed E-state index contributed by atoms with van der Waals surface area (Å²) >= 11 is 0. The zero-order valence-electron chi connectivity index (χ0n) is 48.1. The van der Waals surface area contributed by atoms with Gasteiger partial charge in [0.2, 0.25) is 0 Å². The Balaban J connectivity index is 4.47. The molecule has 6 nitrogen and oxygen atoms in total. The Morgan fingerprint density at radius 2 is 0.562 bits per heavy atom. The predicted molar refractivity (Wildman–Crippen MR) is 316 cm³/mol. The van der Waals surface area contributed by atoms with Crippen molar-refractivity contribution in [2.45, 2.75) is 309 Å². The first-order valence-corrected chi connectivity index (χ1v) is 31.1. The molecule has 420 valence electrons. The number of carbonyl (C=O) groups is 3. The molecule has 1 atom stereocenters. The number of hydrogen-bond acceptors (Lipinski definition) is 6. The van der Waals surface area contributed by atoms with Gasteiger partial charge < -0.3 is 14.2 Å². The number of carbonyl (C=O) groups excluding carboxylic acids is 3. The molecule has 0 bridgehead atoms. The van der Waals surface area contributed by atoms with Gasteiger partial charge >= 0.3 is 17.9 Å². The van der Waals surface area contributed by atoms with Crippen molar-refractivity contribution in [2.24, 2.45) is 0 Å². The highest BCUT2D eigenvalue weighted by Crippen LogP contribution is 2.16. The van der Waals surface area contributed by atoms with Crippen LogP contribution in [0.3, 0.4) is 0 Å². The van der Waals surface area contributed by atoms with E-state index in [0.717, 1.165) is 77.0 Å². The summed E-state index contributed by atoms with van der Waals surface area (Å²) in [6.45, 7) is 6.49. The zero-order valence-corrected chi connectivity index (χ0v) is 48.1. The fourth-order valence-electron chi connectivity index (χ4n) is 8.76. The topological polar surface area (TPSA) is 78.9 Å². The van der Waals surface area contributed by atoms with E-state index in [1.54, 1.807) is 0 Å². The first-order chi connectivity index (χ1) is 36.0. The van der Waals surface area contributed by atoms with Crippen molar-refractivity contribution < 1.29 is 28.6 Å². The Morgan fingerprint density at radius 3 is 0.918 bits per heavy atom. The van der Waals surface area contributed by atoms with E-state index in [4.69, 9.17) is 14.2 Å². The average Bonchev–Trinajstić information content (AvgIpc) is 3.39. The van der Waals surface area contributed by atoms with Gasteiger partial charge in [-0.25, -0.2) is 0 Å². The first kappa shape index (κ1) is 69.6. The van der Waals surface area contributed by atoms with E-state index >= 15 is 0 Å². The highest BCUT2D eigenvalue weighted by atomic mass is 16.6. The van der Waals surface area contributed by atoms with E-state index < -0.39 is 6.10 Å². The monoisotopic (exact) mass is 1020 g/mol. The van der Waals surface area contributed by atoms with Crippen molar-refractivity contribution >= 4 is 17.9 Å². The lowest BCUT2D eigenvalue weighted by atomic mass is 10.0. The van der Waals surface area contributed by atoms with Crippen LogP contribution in [-0.2, 0) is 28.6 Å². The first-order valence-electron chi connectivity index (χ1n) is 31.1. The highest BCUT2D eigenvalue weighted by molar-refractivity contribution is 5.71. The molecule has 0 aromatic heterocycles. The van der Waals surface area contributed by atoms with Crippen LogP contribution in [0.5, 0.6) is 0 Å². The minimum absolute atomic E-state index is 0.0988. The number of esters is 3. The van der Waals surface area contributed by atoms with E-state index in [1.807, 2.05) is 6.08 Å². The normalized spacial score (nSPS) is 12.6. The summed E-state index contributed by atoms with van der Waals surface area (Å²) in [6.07, 6.45) is 80.2. The second-order valence-corrected chi connectivity index (χ2v) is 20.6. The van der Waals surface area contributed by atoms with Crippen LogP contribution in [0.4, 0.5) is 0 Å². The Morgan fingerprint density at radius 1 is 0.288 bits per heavy atom. The fourth-order valence-corrected chi connectivity index (χ4v) is 8.76. The van der Waals surface area contributed by atoms with Crippen LogP contribution in [-0.4, -0.2) is 37.2 Å². The van der Waals surface area contributed by atoms with Crippen LogP contribution < -0.4 is 0 Å². The summed E-state index contributed by atoms with van der Waals surface area (Å²) in [5, 5.41) is 0. The van der Waals surface area contributed by atoms with Gasteiger partial charge in [0.25, 0.3) is 0 Å². The Kier molecular flexibility index (Phi) is 58.3. The van der Waals surface area contributed by atoms with Crippen molar-refractivity contribution in [3.8, 4) is 0 Å². The van der Waals surface area contributed by atoms with Crippen molar-refractivity contribution in [1.29, 1.82) is 0 Å². The van der Waals surface area contributed by atoms with Crippen molar-refractivity contribution in [2.75, 3.05) is 13.2 Å². The number of allylic oxidation sites excluding steroid dienone is 14. The van der Waals surface area contributed by atoms with E-state index in [2.05, 4.69) is 99.8 Å². The summed E-state index contributed by atoms with van der Waals surface area (Å²) in [5.74, 6) is -0.979. The molecular weight excluding hydrogens is 901 g/mol. The zero-order chi connectivity index (χ0) is 52.9. The minimum atomic E-state index is -0.809. The van der Waals surface area contributed by atoms with Crippen molar-refractivity contribution in [1.82, 2.24) is 0 Å². The third-order valence-corrected chi connectivity index (χ3v) is 13.4. The van der Waals surface area contributed by atoms with Crippen LogP contribution in [0.15, 0.2) is 85.1 Å². The van der Waals surface area contributed by atoms with E-state index in [-0.39, 0.29) is 37.5 Å². The quantitative estimate of drug-likeness (QED) is 0.0261. The predicted octanol–water partition coefficient (Wildman–Crippen LogP) is 21.1. The van der Waals surface area contributed by atoms with E-state index in [0.29, 0.717) is 19.3 Å². The standard InChI is InChI=1S/C67H116O6/c1-4-7-10-13-16-19-22-25-28-31-34-37-39-42-45-48-51-54-57-60-66(69)72-63-64(73-67(70)61-58-55-52-49-46-43-40-36-33-30-27-24-21-18-15-12-9-6-3)62-71-65(68)59-56-53-50-47-44-41-38-35-32-29-26-23-20-17-14-11-8-5-2/h7,10,16,19,25,28,30,33-34,37,42,45,51,54,64H,4-6,8-9,11-15,17-18,20-24,26-27,29,31-32,35-36,38-41,43-44,46-50,52-53,55-63H2,1-3H3/b10-7-,19-16-,28-25-,33-30-,37-34-,45-42-,54-51-. The Bertz CT molecular complexity index is 1400. The summed E-state index contributed by atoms with van der Waals surface area (Å²) in [5.41, 5.74) is 0. The van der Waals surface area contributed by atoms with Gasteiger partial charge in [-0.1, -0.05) is 286 Å². The fraction of sp³-hybridized carbons (Fsp3) is 0.746. The van der Waals surface area contributed by atoms with Gasteiger partial charge in [0, 0.05) is 19.3 Å². The average molecular weight is 1020 g/mol. The Labute approximate surface area is 452 Å². The second-order valence-electron chi connectivity index (χ2n) is 20.6. The molecule has 0 saturated heterocycles. The molecule has 1 unspecified atom stereocenters. The van der Waals surface area contributed by atoms with Gasteiger partial charge in [-0.3, -0.25) is 14.4 Å². The van der Waals surface area contributed by atoms with Gasteiger partial charge in [-0.2, -0.15) is 0 Å². The smallest absolute Gasteiger partial charge is 0.306 e. The lowest BCUT2D eigenvalue weighted by molar-refractivity contribution is -0.166. The van der Waals surface area contributed by atoms with Crippen molar-refractivity contribution in [3.05, 3.63) is 85.1 Å². The van der Waals surface area contributed by atoms with Gasteiger partial charge in [0.1, 0.15) is 13.2 Å². The van der Waals surface area contributed by atoms with Gasteiger partial charge in [-0.15, -0.1) is 0 Å². The molecule has 73 heavy (non-hydrogen) atoms. The molecule has 0 aliphatic rings. The molecule has 0 spiro atoms. The van der Waals surface area contributed by atoms with E-state index in [9.17, 15) is 14.4 Å². The maximum atomic E-state index is 12.9. The molecule has 0 fully saturated rings. The molecule has 0 saturated carbocycles. The highest BCUT2D eigenvalue weighted by Gasteiger charge is 2.19. The van der Waals surface area contributed by atoms with Crippen molar-refractivity contribution in [3.63, 3.8) is 0 Å². The number of ether oxygens (including phenoxy) is 3. The second kappa shape index (κ2) is 61.1. The molecule has 0 radical (unpaired) electrons. The largest absolute Gasteiger partial charge is 0.462 e. The number of rotatable bonds is 56. The summed E-state index contributed by atoms with van der Waals surface area (Å²) in [7, 11) is 0. The lowest BCUT2D eigenvalue weighted by Gasteiger charge is -2.18. The van der Waals surface area contributed by atoms with Crippen LogP contribution >= 0.6 is 0 Å². The maximum absolute atomic E-state index is 12.9. The molecule has 0 rings (SSSR count). The molecule has 0 amide bonds. The lowest BCUT2D eigenvalue weighted by Crippen LogP contribution is -2.30. The third kappa shape index (κ3) is 59.3. The molecular formula is C67H116O6. The van der Waals surface area contributed by atoms with Crippen LogP contribution in [0.1, 0.15) is 303 Å². The van der Waals surface area contributed by atoms with E-state index in [1.165, 1.54) is 180 Å². The van der Waals surface area contributed by atoms with Gasteiger partial charge in [0.15, 0.2) is 6.10 Å². The molecule has 0 aromatic carbocycles. The molecule has 0 aliphatic carbocycles. The van der Waals surface area contributed by atoms with Crippen LogP contribution in [0.2, 0.25) is 0 Å². The molecule has 0 heterocycles. The van der Waals surface area contributed by atoms with Gasteiger partial charge in [0.05, 0.1) is 0 Å². The minimum Gasteiger partial charge on any atom is -0.462 e. The summed E-state index contributed by atoms with van der Waals surface area (Å²) < 4.78 is 16.9. The summed E-state index contributed by atoms with van der Waals surface area (Å²) in [6, 6.07) is 0. The molecule has 0 aliphatic heterocycles. The third-order valence-electron chi connectivity index (χ3n) is 13.4. The van der Waals surface area contributed by atoms with Crippen LogP contribution in [0.25, 0.3) is 0 Å². The maximum Gasteiger partial charge on any atom is 0.306 e. The van der Waals surface area contributed by atoms with Crippen LogP contribution in [0, 0.1) is 0 Å². The molecule has 6 heteroatoms. The Hall–Kier alpha value is -3.41. The van der Waals surface area contributed by atoms with Gasteiger partial charge in [-0.05, 0) is 83.5 Å². The number of unbranched alkanes of at least 4 members (excludes halogenated alkanes) is 31. The summed E-state index contributed by atoms with van der Waals surface area (Å²) in [4.78, 5) is 38.3.